The van der Waals surface area contributed by atoms with Crippen LogP contribution in [-0.4, -0.2) is 0 Å². The van der Waals surface area contributed by atoms with Gasteiger partial charge in [0.05, 0.1) is 0 Å². The average Bonchev–Trinajstić information content (AvgIpc) is 1.50. The number of rotatable bonds is 83. The summed E-state index contributed by atoms with van der Waals surface area (Å²) in [5.41, 5.74) is 0.508. The highest BCUT2D eigenvalue weighted by molar-refractivity contribution is 5.07. The Hall–Kier alpha value is -0.260. The van der Waals surface area contributed by atoms with E-state index in [1.165, 1.54) is 520 Å². The van der Waals surface area contributed by atoms with Crippen LogP contribution in [0, 0.1) is 11.3 Å². The molecule has 0 aromatic carbocycles. The highest BCUT2D eigenvalue weighted by atomic mass is 14.4. The van der Waals surface area contributed by atoms with Crippen molar-refractivity contribution in [3.05, 3.63) is 18.1 Å². The summed E-state index contributed by atoms with van der Waals surface area (Å²) < 4.78 is 0. The number of unbranched alkanes of at least 4 members (excludes halogenated alkanes) is 70. The van der Waals surface area contributed by atoms with Crippen molar-refractivity contribution < 1.29 is 0 Å². The molecule has 0 heterocycles. The lowest BCUT2D eigenvalue weighted by atomic mass is 9.62. The van der Waals surface area contributed by atoms with Gasteiger partial charge in [0.1, 0.15) is 0 Å². The molecule has 0 saturated heterocycles. The minimum Gasteiger partial charge on any atom is -0.0885 e. The highest BCUT2D eigenvalue weighted by Crippen LogP contribution is 2.50. The maximum absolute atomic E-state index is 2.56. The Morgan fingerprint density at radius 3 is 0.456 bits per heavy atom. The molecule has 0 rings (SSSR count). The Morgan fingerprint density at radius 2 is 0.289 bits per heavy atom. The Balaban J connectivity index is 5.95. The van der Waals surface area contributed by atoms with E-state index in [0.29, 0.717) is 5.41 Å². The average molecular weight is 1260 g/mol. The van der Waals surface area contributed by atoms with Gasteiger partial charge in [0.15, 0.2) is 0 Å². The first-order chi connectivity index (χ1) is 44.7. The fourth-order valence-corrected chi connectivity index (χ4v) is 15.7. The molecule has 0 aliphatic rings. The van der Waals surface area contributed by atoms with Gasteiger partial charge in [-0.25, -0.2) is 0 Å². The molecule has 1 radical (unpaired) electrons. The van der Waals surface area contributed by atoms with Crippen molar-refractivity contribution in [3.63, 3.8) is 0 Å². The molecule has 0 saturated carbocycles. The molecule has 0 amide bonds. The molecule has 0 bridgehead atoms. The van der Waals surface area contributed by atoms with Crippen LogP contribution in [0.3, 0.4) is 0 Å². The van der Waals surface area contributed by atoms with Crippen LogP contribution in [0.1, 0.15) is 555 Å². The zero-order valence-electron chi connectivity index (χ0n) is 64.4. The van der Waals surface area contributed by atoms with Gasteiger partial charge in [0, 0.05) is 0 Å². The SMILES string of the molecule is CCCCCCCC/C=C\CCCCCCC(CCCCCCCCCCCCCCCCCC)(CCCCCCCCCCCCCCCCCC)[C](CCCCCCCCCCCCCCCCCC)CCCCCCCCCCCCCCCCCC. The van der Waals surface area contributed by atoms with Gasteiger partial charge < -0.3 is 0 Å². The first-order valence-corrected chi connectivity index (χ1v) is 44.2. The van der Waals surface area contributed by atoms with E-state index in [2.05, 4.69) is 52.7 Å². The molecule has 0 heteroatoms. The number of allylic oxidation sites excluding steroid dienone is 2. The highest BCUT2D eigenvalue weighted by Gasteiger charge is 2.37. The van der Waals surface area contributed by atoms with Crippen LogP contribution in [0.15, 0.2) is 12.2 Å². The molecule has 0 aromatic heterocycles. The van der Waals surface area contributed by atoms with Crippen molar-refractivity contribution in [1.29, 1.82) is 0 Å². The Morgan fingerprint density at radius 1 is 0.156 bits per heavy atom. The second-order valence-electron chi connectivity index (χ2n) is 31.1. The van der Waals surface area contributed by atoms with E-state index >= 15 is 0 Å². The van der Waals surface area contributed by atoms with Crippen LogP contribution >= 0.6 is 0 Å². The Labute approximate surface area is 575 Å². The molecule has 0 nitrogen and oxygen atoms in total. The normalized spacial score (nSPS) is 12.2. The van der Waals surface area contributed by atoms with Crippen LogP contribution in [-0.2, 0) is 0 Å². The molecule has 90 heavy (non-hydrogen) atoms. The summed E-state index contributed by atoms with van der Waals surface area (Å²) in [5, 5.41) is 0. The van der Waals surface area contributed by atoms with Crippen molar-refractivity contribution in [1.82, 2.24) is 0 Å². The number of hydrogen-bond donors (Lipinski definition) is 0. The molecule has 0 unspecified atom stereocenters. The van der Waals surface area contributed by atoms with Crippen LogP contribution < -0.4 is 0 Å². The lowest BCUT2D eigenvalue weighted by Crippen LogP contribution is -2.30. The van der Waals surface area contributed by atoms with Gasteiger partial charge in [-0.1, -0.05) is 509 Å². The topological polar surface area (TPSA) is 0 Å². The smallest absolute Gasteiger partial charge is 0.0179 e. The van der Waals surface area contributed by atoms with Gasteiger partial charge >= 0.3 is 0 Å². The third kappa shape index (κ3) is 70.5. The molecule has 0 atom stereocenters. The summed E-state index contributed by atoms with van der Waals surface area (Å²) in [4.78, 5) is 0. The first-order valence-electron chi connectivity index (χ1n) is 44.2. The predicted octanol–water partition coefficient (Wildman–Crippen LogP) is 34.8. The Kier molecular flexibility index (Phi) is 80.9. The summed E-state index contributed by atoms with van der Waals surface area (Å²) in [7, 11) is 0. The second-order valence-corrected chi connectivity index (χ2v) is 31.1. The van der Waals surface area contributed by atoms with E-state index in [4.69, 9.17) is 0 Å². The summed E-state index contributed by atoms with van der Waals surface area (Å²) >= 11 is 0. The summed E-state index contributed by atoms with van der Waals surface area (Å²) in [6.45, 7) is 11.7. The van der Waals surface area contributed by atoms with Gasteiger partial charge in [0.2, 0.25) is 0 Å². The molecule has 0 aliphatic heterocycles. The standard InChI is InChI=1S/C90H179/c1-6-11-16-21-26-31-36-41-46-50-54-59-64-69-74-79-84-89(85-80-75-70-65-60-55-51-47-42-37-32-27-22-17-12-7-2)90(86-81-76-71-66-61-56-45-40-35-30-25-20-15-10-5,87-82-77-72-67-62-57-52-48-43-38-33-28-23-18-13-8-3)88-83-78-73-68-63-58-53-49-44-39-34-29-24-19-14-9-4/h45,56H,6-44,46-55,57-88H2,1-5H3/b56-45-. The van der Waals surface area contributed by atoms with Gasteiger partial charge in [-0.15, -0.1) is 0 Å². The van der Waals surface area contributed by atoms with Gasteiger partial charge in [-0.05, 0) is 69.1 Å². The lowest BCUT2D eigenvalue weighted by Gasteiger charge is -2.42. The third-order valence-corrected chi connectivity index (χ3v) is 22.1. The minimum atomic E-state index is 0.508. The fraction of sp³-hybridized carbons (Fsp3) is 0.967. The fourth-order valence-electron chi connectivity index (χ4n) is 15.7. The number of hydrogen-bond acceptors (Lipinski definition) is 0. The van der Waals surface area contributed by atoms with Crippen molar-refractivity contribution in [3.8, 4) is 0 Å². The molecule has 0 aliphatic carbocycles. The van der Waals surface area contributed by atoms with E-state index in [-0.39, 0.29) is 0 Å². The van der Waals surface area contributed by atoms with E-state index in [9.17, 15) is 0 Å². The predicted molar refractivity (Wildman–Crippen MR) is 417 cm³/mol. The molecular weight excluding hydrogens is 1080 g/mol. The molecular formula is C90H179. The van der Waals surface area contributed by atoms with E-state index in [1.54, 1.807) is 0 Å². The van der Waals surface area contributed by atoms with Crippen LogP contribution in [0.25, 0.3) is 0 Å². The monoisotopic (exact) mass is 1260 g/mol. The van der Waals surface area contributed by atoms with Crippen molar-refractivity contribution in [2.24, 2.45) is 5.41 Å². The Bertz CT molecular complexity index is 1170. The maximum atomic E-state index is 2.56. The maximum Gasteiger partial charge on any atom is -0.0179 e. The van der Waals surface area contributed by atoms with Crippen molar-refractivity contribution in [2.75, 3.05) is 0 Å². The quantitative estimate of drug-likeness (QED) is 0.0421. The zero-order chi connectivity index (χ0) is 64.8. The zero-order valence-corrected chi connectivity index (χ0v) is 64.4. The van der Waals surface area contributed by atoms with Crippen LogP contribution in [0.2, 0.25) is 0 Å². The summed E-state index contributed by atoms with van der Waals surface area (Å²) in [5.74, 6) is 2.12. The van der Waals surface area contributed by atoms with Gasteiger partial charge in [-0.3, -0.25) is 0 Å². The van der Waals surface area contributed by atoms with Crippen LogP contribution in [0.5, 0.6) is 0 Å². The van der Waals surface area contributed by atoms with Crippen LogP contribution in [0.4, 0.5) is 0 Å². The second kappa shape index (κ2) is 81.2. The third-order valence-electron chi connectivity index (χ3n) is 22.1. The first kappa shape index (κ1) is 89.7. The van der Waals surface area contributed by atoms with Crippen molar-refractivity contribution in [2.45, 2.75) is 555 Å². The molecule has 0 N–H and O–H groups in total. The van der Waals surface area contributed by atoms with Gasteiger partial charge in [-0.2, -0.15) is 0 Å². The molecule has 0 fully saturated rings. The van der Waals surface area contributed by atoms with E-state index < -0.39 is 0 Å². The van der Waals surface area contributed by atoms with Gasteiger partial charge in [0.25, 0.3) is 0 Å². The molecule has 0 aromatic rings. The molecule has 0 spiro atoms. The molecule has 539 valence electrons. The van der Waals surface area contributed by atoms with E-state index in [0.717, 1.165) is 0 Å². The lowest BCUT2D eigenvalue weighted by molar-refractivity contribution is 0.188. The largest absolute Gasteiger partial charge is 0.0885 e. The summed E-state index contributed by atoms with van der Waals surface area (Å²) in [6.07, 6.45) is 124. The van der Waals surface area contributed by atoms with E-state index in [1.807, 2.05) is 0 Å². The van der Waals surface area contributed by atoms with Crippen molar-refractivity contribution >= 4 is 0 Å². The minimum absolute atomic E-state index is 0.508. The summed E-state index contributed by atoms with van der Waals surface area (Å²) in [6, 6.07) is 0.